The molecule has 4 nitrogen and oxygen atoms in total. The van der Waals surface area contributed by atoms with Gasteiger partial charge in [0, 0.05) is 19.6 Å². The minimum Gasteiger partial charge on any atom is -0.277 e. The van der Waals surface area contributed by atoms with Crippen LogP contribution in [0.5, 0.6) is 0 Å². The maximum Gasteiger partial charge on any atom is 0.164 e. The fourth-order valence-corrected chi connectivity index (χ4v) is 5.19. The highest BCUT2D eigenvalue weighted by molar-refractivity contribution is 7.57. The molecule has 0 heterocycles. The van der Waals surface area contributed by atoms with Gasteiger partial charge in [-0.3, -0.25) is 5.16 Å². The van der Waals surface area contributed by atoms with Crippen molar-refractivity contribution in [1.82, 2.24) is 14.0 Å². The summed E-state index contributed by atoms with van der Waals surface area (Å²) in [6.07, 6.45) is 7.13. The summed E-state index contributed by atoms with van der Waals surface area (Å²) >= 11 is 0. The van der Waals surface area contributed by atoms with E-state index in [2.05, 4.69) is 55.9 Å². The van der Waals surface area contributed by atoms with Gasteiger partial charge in [0.15, 0.2) is 7.51 Å². The molecule has 21 heavy (non-hydrogen) atoms. The van der Waals surface area contributed by atoms with Crippen LogP contribution in [0.15, 0.2) is 0 Å². The van der Waals surface area contributed by atoms with Crippen molar-refractivity contribution in [2.24, 2.45) is 0 Å². The fraction of sp³-hybridized carbons (Fsp3) is 1.00. The van der Waals surface area contributed by atoms with Crippen LogP contribution in [0.25, 0.3) is 0 Å². The summed E-state index contributed by atoms with van der Waals surface area (Å²) in [7, 11) is 4.34. The van der Waals surface area contributed by atoms with Gasteiger partial charge in [-0.2, -0.15) is 0 Å². The highest BCUT2D eigenvalue weighted by Crippen LogP contribution is 2.54. The molecule has 0 unspecified atom stereocenters. The third-order valence-corrected chi connectivity index (χ3v) is 7.39. The van der Waals surface area contributed by atoms with Crippen LogP contribution < -0.4 is 0 Å². The zero-order valence-corrected chi connectivity index (χ0v) is 16.8. The highest BCUT2D eigenvalue weighted by atomic mass is 35.5. The Labute approximate surface area is 139 Å². The molecular weight excluding hydrogens is 303 g/mol. The Morgan fingerprint density at radius 2 is 0.905 bits per heavy atom. The van der Waals surface area contributed by atoms with Crippen molar-refractivity contribution >= 4 is 19.9 Å². The molecule has 0 fully saturated rings. The molecular formula is C15H38ClN4P. The molecule has 0 saturated carbocycles. The van der Waals surface area contributed by atoms with Gasteiger partial charge in [-0.25, -0.2) is 14.0 Å². The molecule has 0 aliphatic rings. The molecule has 0 radical (unpaired) electrons. The standard InChI is InChI=1S/C15H37N4P.ClH/c1-7-10-13-17(4)20(16,18(5)14-11-8-2)19(6)15-12-9-3;/h16H,7-15H2,1-6H3;1H. The molecule has 0 atom stereocenters. The number of hydrogen-bond acceptors (Lipinski definition) is 1. The average molecular weight is 341 g/mol. The van der Waals surface area contributed by atoms with Crippen molar-refractivity contribution < 1.29 is 0 Å². The topological polar surface area (TPSA) is 33.6 Å². The Hall–Kier alpha value is 0.400. The van der Waals surface area contributed by atoms with Gasteiger partial charge in [-0.1, -0.05) is 40.0 Å². The van der Waals surface area contributed by atoms with Gasteiger partial charge in [0.05, 0.1) is 0 Å². The van der Waals surface area contributed by atoms with Gasteiger partial charge in [0.1, 0.15) is 0 Å². The maximum atomic E-state index is 9.16. The average Bonchev–Trinajstić information content (AvgIpc) is 2.46. The van der Waals surface area contributed by atoms with Crippen LogP contribution in [0.4, 0.5) is 0 Å². The summed E-state index contributed by atoms with van der Waals surface area (Å²) < 4.78 is 6.92. The Bertz CT molecular complexity index is 246. The van der Waals surface area contributed by atoms with Crippen LogP contribution in [0.2, 0.25) is 0 Å². The van der Waals surface area contributed by atoms with Crippen molar-refractivity contribution in [2.45, 2.75) is 59.3 Å². The second-order valence-corrected chi connectivity index (χ2v) is 8.96. The SMILES string of the molecule is CCCCN(C)P(=N)(N(C)CCCC)N(C)CCCC.Cl. The molecule has 0 aliphatic carbocycles. The fourth-order valence-electron chi connectivity index (χ4n) is 2.36. The number of rotatable bonds is 12. The van der Waals surface area contributed by atoms with E-state index in [0.29, 0.717) is 0 Å². The predicted molar refractivity (Wildman–Crippen MR) is 99.5 cm³/mol. The van der Waals surface area contributed by atoms with Gasteiger partial charge in [-0.05, 0) is 40.4 Å². The van der Waals surface area contributed by atoms with Crippen LogP contribution >= 0.6 is 19.9 Å². The molecule has 6 heteroatoms. The van der Waals surface area contributed by atoms with Crippen LogP contribution in [-0.4, -0.2) is 54.8 Å². The van der Waals surface area contributed by atoms with Crippen LogP contribution in [0, 0.1) is 5.16 Å². The van der Waals surface area contributed by atoms with Gasteiger partial charge < -0.3 is 0 Å². The Morgan fingerprint density at radius 1 is 0.667 bits per heavy atom. The number of nitrogens with zero attached hydrogens (tertiary/aromatic N) is 3. The van der Waals surface area contributed by atoms with Gasteiger partial charge in [-0.15, -0.1) is 12.4 Å². The lowest BCUT2D eigenvalue weighted by Crippen LogP contribution is -2.37. The summed E-state index contributed by atoms with van der Waals surface area (Å²) in [6.45, 7) is 9.75. The van der Waals surface area contributed by atoms with Crippen molar-refractivity contribution in [3.63, 3.8) is 0 Å². The molecule has 130 valence electrons. The zero-order valence-electron chi connectivity index (χ0n) is 15.1. The lowest BCUT2D eigenvalue weighted by Gasteiger charge is -2.44. The molecule has 0 amide bonds. The van der Waals surface area contributed by atoms with E-state index in [1.54, 1.807) is 0 Å². The minimum absolute atomic E-state index is 0. The summed E-state index contributed by atoms with van der Waals surface area (Å²) in [6, 6.07) is 0. The second-order valence-electron chi connectivity index (χ2n) is 5.77. The molecule has 0 aliphatic heterocycles. The maximum absolute atomic E-state index is 9.16. The molecule has 1 N–H and O–H groups in total. The molecule has 0 spiro atoms. The highest BCUT2D eigenvalue weighted by Gasteiger charge is 2.31. The van der Waals surface area contributed by atoms with E-state index in [4.69, 9.17) is 5.16 Å². The van der Waals surface area contributed by atoms with Crippen molar-refractivity contribution in [3.05, 3.63) is 0 Å². The van der Waals surface area contributed by atoms with Crippen molar-refractivity contribution in [2.75, 3.05) is 40.8 Å². The number of unbranched alkanes of at least 4 members (excludes halogenated alkanes) is 3. The molecule has 0 aromatic rings. The summed E-state index contributed by atoms with van der Waals surface area (Å²) in [5.41, 5.74) is 0. The third kappa shape index (κ3) is 7.47. The van der Waals surface area contributed by atoms with Gasteiger partial charge >= 0.3 is 0 Å². The first kappa shape index (κ1) is 23.7. The molecule has 0 aromatic heterocycles. The third-order valence-electron chi connectivity index (χ3n) is 3.93. The quantitative estimate of drug-likeness (QED) is 0.500. The van der Waals surface area contributed by atoms with E-state index in [-0.39, 0.29) is 12.4 Å². The Kier molecular flexibility index (Phi) is 14.5. The first-order valence-corrected chi connectivity index (χ1v) is 9.88. The van der Waals surface area contributed by atoms with Crippen LogP contribution in [-0.2, 0) is 0 Å². The van der Waals surface area contributed by atoms with Crippen molar-refractivity contribution in [1.29, 1.82) is 5.16 Å². The monoisotopic (exact) mass is 340 g/mol. The zero-order chi connectivity index (χ0) is 15.6. The van der Waals surface area contributed by atoms with E-state index < -0.39 is 7.51 Å². The number of hydrogen-bond donors (Lipinski definition) is 1. The predicted octanol–water partition coefficient (Wildman–Crippen LogP) is 5.13. The summed E-state index contributed by atoms with van der Waals surface area (Å²) in [4.78, 5) is 0. The molecule has 0 rings (SSSR count). The number of nitrogens with one attached hydrogen (secondary N) is 1. The first-order chi connectivity index (χ1) is 9.44. The smallest absolute Gasteiger partial charge is 0.164 e. The van der Waals surface area contributed by atoms with Crippen LogP contribution in [0.1, 0.15) is 59.3 Å². The molecule has 0 bridgehead atoms. The Balaban J connectivity index is 0. The van der Waals surface area contributed by atoms with Crippen molar-refractivity contribution in [3.8, 4) is 0 Å². The van der Waals surface area contributed by atoms with E-state index >= 15 is 0 Å². The number of halogens is 1. The lowest BCUT2D eigenvalue weighted by molar-refractivity contribution is 0.364. The van der Waals surface area contributed by atoms with E-state index in [1.165, 1.54) is 38.5 Å². The largest absolute Gasteiger partial charge is 0.277 e. The Morgan fingerprint density at radius 3 is 1.10 bits per heavy atom. The molecule has 0 aromatic carbocycles. The van der Waals surface area contributed by atoms with E-state index in [1.807, 2.05) is 0 Å². The van der Waals surface area contributed by atoms with E-state index in [0.717, 1.165) is 19.6 Å². The normalized spacial score (nSPS) is 12.2. The summed E-state index contributed by atoms with van der Waals surface area (Å²) in [5, 5.41) is 9.16. The second kappa shape index (κ2) is 12.9. The summed E-state index contributed by atoms with van der Waals surface area (Å²) in [5.74, 6) is 0. The molecule has 0 saturated heterocycles. The van der Waals surface area contributed by atoms with Gasteiger partial charge in [0.25, 0.3) is 0 Å². The van der Waals surface area contributed by atoms with E-state index in [9.17, 15) is 0 Å². The lowest BCUT2D eigenvalue weighted by atomic mass is 10.3. The van der Waals surface area contributed by atoms with Gasteiger partial charge in [0.2, 0.25) is 0 Å². The first-order valence-electron chi connectivity index (χ1n) is 8.24. The van der Waals surface area contributed by atoms with Crippen LogP contribution in [0.3, 0.4) is 0 Å². The minimum atomic E-state index is -2.08.